The van der Waals surface area contributed by atoms with Crippen molar-refractivity contribution in [2.24, 2.45) is 0 Å². The first-order valence-electron chi connectivity index (χ1n) is 11.4. The Hall–Kier alpha value is -3.22. The molecule has 1 aromatic heterocycles. The molecule has 0 saturated carbocycles. The van der Waals surface area contributed by atoms with Crippen LogP contribution < -0.4 is 14.8 Å². The lowest BCUT2D eigenvalue weighted by Gasteiger charge is -2.13. The van der Waals surface area contributed by atoms with Gasteiger partial charge in [-0.25, -0.2) is 4.98 Å². The van der Waals surface area contributed by atoms with Crippen molar-refractivity contribution in [3.05, 3.63) is 75.8 Å². The monoisotopic (exact) mass is 511 g/mol. The van der Waals surface area contributed by atoms with Crippen LogP contribution in [0.15, 0.2) is 54.6 Å². The van der Waals surface area contributed by atoms with E-state index in [2.05, 4.69) is 16.8 Å². The molecule has 6 nitrogen and oxygen atoms in total. The van der Waals surface area contributed by atoms with Gasteiger partial charge in [-0.3, -0.25) is 4.79 Å². The van der Waals surface area contributed by atoms with Gasteiger partial charge in [0.15, 0.2) is 11.5 Å². The van der Waals surface area contributed by atoms with Crippen LogP contribution in [0, 0.1) is 0 Å². The van der Waals surface area contributed by atoms with Crippen molar-refractivity contribution in [3.63, 3.8) is 0 Å². The van der Waals surface area contributed by atoms with Gasteiger partial charge in [0.25, 0.3) is 5.91 Å². The maximum Gasteiger partial charge on any atom is 0.251 e. The summed E-state index contributed by atoms with van der Waals surface area (Å²) in [4.78, 5) is 17.8. The van der Waals surface area contributed by atoms with E-state index in [1.807, 2.05) is 48.5 Å². The molecule has 0 spiro atoms. The molecule has 0 radical (unpaired) electrons. The lowest BCUT2D eigenvalue weighted by molar-refractivity contribution is 0.0950. The highest BCUT2D eigenvalue weighted by molar-refractivity contribution is 6.42. The van der Waals surface area contributed by atoms with Crippen LogP contribution in [0.25, 0.3) is 22.4 Å². The zero-order valence-corrected chi connectivity index (χ0v) is 21.4. The van der Waals surface area contributed by atoms with Gasteiger partial charge in [0.1, 0.15) is 5.82 Å². The number of hydrogen-bond acceptors (Lipinski definition) is 4. The summed E-state index contributed by atoms with van der Waals surface area (Å²) in [5, 5.41) is 3.94. The second-order valence-corrected chi connectivity index (χ2v) is 8.92. The predicted molar refractivity (Wildman–Crippen MR) is 141 cm³/mol. The number of aryl methyl sites for hydroxylation is 1. The maximum absolute atomic E-state index is 13.0. The van der Waals surface area contributed by atoms with Crippen LogP contribution in [0.1, 0.15) is 35.7 Å². The van der Waals surface area contributed by atoms with Gasteiger partial charge >= 0.3 is 0 Å². The lowest BCUT2D eigenvalue weighted by atomic mass is 10.1. The highest BCUT2D eigenvalue weighted by Crippen LogP contribution is 2.32. The second kappa shape index (κ2) is 11.0. The highest BCUT2D eigenvalue weighted by Gasteiger charge is 2.17. The standard InChI is InChI=1S/C27H27Cl2N3O3/c1-4-5-13-32-23-12-10-18(15-22(23)31-26(32)17-9-11-20(28)21(29)14-17)27(33)30-16-19-7-6-8-24(34-2)25(19)35-3/h6-12,14-15H,4-5,13,16H2,1-3H3,(H,30,33). The number of rotatable bonds is 9. The minimum Gasteiger partial charge on any atom is -0.493 e. The molecule has 1 N–H and O–H groups in total. The number of nitrogens with one attached hydrogen (secondary N) is 1. The molecule has 0 bridgehead atoms. The largest absolute Gasteiger partial charge is 0.493 e. The topological polar surface area (TPSA) is 65.4 Å². The van der Waals surface area contributed by atoms with Crippen molar-refractivity contribution < 1.29 is 14.3 Å². The maximum atomic E-state index is 13.0. The van der Waals surface area contributed by atoms with Gasteiger partial charge < -0.3 is 19.4 Å². The number of hydrogen-bond donors (Lipinski definition) is 1. The first-order valence-corrected chi connectivity index (χ1v) is 12.2. The number of fused-ring (bicyclic) bond motifs is 1. The fourth-order valence-corrected chi connectivity index (χ4v) is 4.34. The van der Waals surface area contributed by atoms with E-state index >= 15 is 0 Å². The van der Waals surface area contributed by atoms with Crippen LogP contribution in [0.5, 0.6) is 11.5 Å². The van der Waals surface area contributed by atoms with Gasteiger partial charge in [-0.1, -0.05) is 48.7 Å². The van der Waals surface area contributed by atoms with Crippen LogP contribution in [-0.2, 0) is 13.1 Å². The van der Waals surface area contributed by atoms with E-state index in [0.29, 0.717) is 33.7 Å². The van der Waals surface area contributed by atoms with E-state index in [9.17, 15) is 4.79 Å². The van der Waals surface area contributed by atoms with E-state index < -0.39 is 0 Å². The summed E-state index contributed by atoms with van der Waals surface area (Å²) < 4.78 is 13.0. The van der Waals surface area contributed by atoms with Crippen LogP contribution >= 0.6 is 23.2 Å². The summed E-state index contributed by atoms with van der Waals surface area (Å²) in [6, 6.07) is 16.7. The van der Waals surface area contributed by atoms with Crippen molar-refractivity contribution in [2.45, 2.75) is 32.9 Å². The van der Waals surface area contributed by atoms with E-state index in [4.69, 9.17) is 37.7 Å². The van der Waals surface area contributed by atoms with Gasteiger partial charge in [-0.2, -0.15) is 0 Å². The molecule has 0 saturated heterocycles. The van der Waals surface area contributed by atoms with Gasteiger partial charge in [-0.05, 0) is 48.9 Å². The third-order valence-electron chi connectivity index (χ3n) is 5.85. The van der Waals surface area contributed by atoms with Crippen molar-refractivity contribution >= 4 is 40.1 Å². The Kier molecular flexibility index (Phi) is 7.83. The summed E-state index contributed by atoms with van der Waals surface area (Å²) >= 11 is 12.4. The first kappa shape index (κ1) is 24.9. The zero-order chi connectivity index (χ0) is 24.9. The zero-order valence-electron chi connectivity index (χ0n) is 19.9. The number of benzene rings is 3. The Labute approximate surface area is 214 Å². The average molecular weight is 512 g/mol. The SMILES string of the molecule is CCCCn1c(-c2ccc(Cl)c(Cl)c2)nc2cc(C(=O)NCc3cccc(OC)c3OC)ccc21. The summed E-state index contributed by atoms with van der Waals surface area (Å²) in [6.45, 7) is 3.26. The molecule has 4 rings (SSSR count). The number of para-hydroxylation sites is 1. The molecule has 0 atom stereocenters. The van der Waals surface area contributed by atoms with Gasteiger partial charge in [-0.15, -0.1) is 0 Å². The van der Waals surface area contributed by atoms with Gasteiger partial charge in [0, 0.05) is 29.8 Å². The molecule has 3 aromatic carbocycles. The molecule has 4 aromatic rings. The number of halogens is 2. The quantitative estimate of drug-likeness (QED) is 0.269. The molecule has 0 aliphatic heterocycles. The smallest absolute Gasteiger partial charge is 0.251 e. The number of unbranched alkanes of at least 4 members (excludes halogenated alkanes) is 1. The molecular weight excluding hydrogens is 485 g/mol. The third-order valence-corrected chi connectivity index (χ3v) is 6.59. The van der Waals surface area contributed by atoms with Crippen molar-refractivity contribution in [3.8, 4) is 22.9 Å². The fraction of sp³-hybridized carbons (Fsp3) is 0.259. The van der Waals surface area contributed by atoms with Crippen LogP contribution in [0.4, 0.5) is 0 Å². The number of ether oxygens (including phenoxy) is 2. The Bertz CT molecular complexity index is 1370. The van der Waals surface area contributed by atoms with Crippen LogP contribution in [0.3, 0.4) is 0 Å². The number of carbonyl (C=O) groups excluding carboxylic acids is 1. The van der Waals surface area contributed by atoms with Crippen LogP contribution in [0.2, 0.25) is 10.0 Å². The Morgan fingerprint density at radius 2 is 1.86 bits per heavy atom. The molecule has 0 aliphatic carbocycles. The summed E-state index contributed by atoms with van der Waals surface area (Å²) in [7, 11) is 3.17. The van der Waals surface area contributed by atoms with Gasteiger partial charge in [0.2, 0.25) is 0 Å². The number of nitrogens with zero attached hydrogens (tertiary/aromatic N) is 2. The number of methoxy groups -OCH3 is 2. The first-order chi connectivity index (χ1) is 17.0. The summed E-state index contributed by atoms with van der Waals surface area (Å²) in [6.07, 6.45) is 2.05. The normalized spacial score (nSPS) is 11.0. The number of amides is 1. The van der Waals surface area contributed by atoms with E-state index in [-0.39, 0.29) is 5.91 Å². The molecule has 182 valence electrons. The third kappa shape index (κ3) is 5.24. The van der Waals surface area contributed by atoms with Crippen molar-refractivity contribution in [2.75, 3.05) is 14.2 Å². The molecule has 1 heterocycles. The number of imidazole rings is 1. The fourth-order valence-electron chi connectivity index (χ4n) is 4.04. The summed E-state index contributed by atoms with van der Waals surface area (Å²) in [5.41, 5.74) is 3.94. The van der Waals surface area contributed by atoms with Crippen molar-refractivity contribution in [1.29, 1.82) is 0 Å². The van der Waals surface area contributed by atoms with E-state index in [1.165, 1.54) is 0 Å². The Morgan fingerprint density at radius 1 is 1.03 bits per heavy atom. The van der Waals surface area contributed by atoms with Crippen LogP contribution in [-0.4, -0.2) is 29.7 Å². The molecule has 0 unspecified atom stereocenters. The second-order valence-electron chi connectivity index (χ2n) is 8.11. The number of carbonyl (C=O) groups is 1. The Balaban J connectivity index is 1.64. The van der Waals surface area contributed by atoms with Gasteiger partial charge in [0.05, 0.1) is 35.3 Å². The molecule has 1 amide bonds. The Morgan fingerprint density at radius 3 is 2.57 bits per heavy atom. The summed E-state index contributed by atoms with van der Waals surface area (Å²) in [5.74, 6) is 1.82. The van der Waals surface area contributed by atoms with E-state index in [1.54, 1.807) is 20.3 Å². The minimum atomic E-state index is -0.198. The average Bonchev–Trinajstić information content (AvgIpc) is 3.24. The molecule has 0 aliphatic rings. The predicted octanol–water partition coefficient (Wildman–Crippen LogP) is 6.76. The molecular formula is C27H27Cl2N3O3. The highest BCUT2D eigenvalue weighted by atomic mass is 35.5. The minimum absolute atomic E-state index is 0.198. The van der Waals surface area contributed by atoms with Crippen molar-refractivity contribution in [1.82, 2.24) is 14.9 Å². The molecule has 8 heteroatoms. The lowest BCUT2D eigenvalue weighted by Crippen LogP contribution is -2.23. The molecule has 0 fully saturated rings. The molecule has 35 heavy (non-hydrogen) atoms. The number of aromatic nitrogens is 2. The van der Waals surface area contributed by atoms with E-state index in [0.717, 1.165) is 47.4 Å².